The van der Waals surface area contributed by atoms with E-state index in [4.69, 9.17) is 14.3 Å². The lowest BCUT2D eigenvalue weighted by Gasteiger charge is -2.27. The molecule has 0 aromatic carbocycles. The van der Waals surface area contributed by atoms with Gasteiger partial charge < -0.3 is 14.3 Å². The van der Waals surface area contributed by atoms with Gasteiger partial charge in [-0.15, -0.1) is 0 Å². The van der Waals surface area contributed by atoms with Crippen molar-refractivity contribution < 1.29 is 27.5 Å². The van der Waals surface area contributed by atoms with Crippen LogP contribution in [0, 0.1) is 0 Å². The van der Waals surface area contributed by atoms with Crippen LogP contribution in [0.4, 0.5) is 0 Å². The van der Waals surface area contributed by atoms with E-state index < -0.39 is 32.4 Å². The van der Waals surface area contributed by atoms with Crippen molar-refractivity contribution in [2.24, 2.45) is 0 Å². The van der Waals surface area contributed by atoms with Gasteiger partial charge in [0.25, 0.3) is 10.0 Å². The van der Waals surface area contributed by atoms with E-state index in [2.05, 4.69) is 4.72 Å². The van der Waals surface area contributed by atoms with Crippen LogP contribution in [0.15, 0.2) is 21.6 Å². The molecule has 2 unspecified atom stereocenters. The number of ether oxygens (including phenoxy) is 1. The maximum absolute atomic E-state index is 12.1. The zero-order valence-corrected chi connectivity index (χ0v) is 11.4. The maximum atomic E-state index is 12.1. The largest absolute Gasteiger partial charge is 0.475 e. The Labute approximate surface area is 110 Å². The molecule has 1 fully saturated rings. The van der Waals surface area contributed by atoms with Crippen LogP contribution < -0.4 is 4.72 Å². The lowest BCUT2D eigenvalue weighted by molar-refractivity contribution is 0.0656. The predicted octanol–water partition coefficient (Wildman–Crippen LogP) is 0.824. The van der Waals surface area contributed by atoms with Crippen molar-refractivity contribution in [1.29, 1.82) is 0 Å². The van der Waals surface area contributed by atoms with Crippen LogP contribution in [0.5, 0.6) is 0 Å². The van der Waals surface area contributed by atoms with Gasteiger partial charge in [0.05, 0.1) is 11.6 Å². The first-order valence-corrected chi connectivity index (χ1v) is 7.22. The highest BCUT2D eigenvalue weighted by Crippen LogP contribution is 2.27. The van der Waals surface area contributed by atoms with E-state index in [9.17, 15) is 13.2 Å². The Morgan fingerprint density at radius 3 is 2.68 bits per heavy atom. The van der Waals surface area contributed by atoms with Crippen molar-refractivity contribution in [1.82, 2.24) is 4.72 Å². The summed E-state index contributed by atoms with van der Waals surface area (Å²) < 4.78 is 36.9. The second-order valence-electron chi connectivity index (χ2n) is 4.71. The number of aromatic carboxylic acids is 1. The van der Waals surface area contributed by atoms with Crippen LogP contribution in [-0.2, 0) is 14.8 Å². The van der Waals surface area contributed by atoms with E-state index >= 15 is 0 Å². The topological polar surface area (TPSA) is 106 Å². The average molecular weight is 289 g/mol. The first-order chi connectivity index (χ1) is 8.74. The van der Waals surface area contributed by atoms with Crippen molar-refractivity contribution in [2.75, 3.05) is 6.61 Å². The third-order valence-electron chi connectivity index (χ3n) is 3.31. The first-order valence-electron chi connectivity index (χ1n) is 5.73. The van der Waals surface area contributed by atoms with Crippen LogP contribution in [-0.4, -0.2) is 37.7 Å². The Kier molecular flexibility index (Phi) is 3.41. The van der Waals surface area contributed by atoms with Crippen molar-refractivity contribution in [3.63, 3.8) is 0 Å². The van der Waals surface area contributed by atoms with Gasteiger partial charge in [-0.3, -0.25) is 0 Å². The van der Waals surface area contributed by atoms with Crippen LogP contribution >= 0.6 is 0 Å². The predicted molar refractivity (Wildman–Crippen MR) is 64.4 cm³/mol. The van der Waals surface area contributed by atoms with E-state index in [1.807, 2.05) is 0 Å². The van der Waals surface area contributed by atoms with Gasteiger partial charge in [-0.05, 0) is 32.4 Å². The van der Waals surface area contributed by atoms with E-state index in [0.29, 0.717) is 13.0 Å². The number of carboxylic acid groups (broad SMARTS) is 1. The van der Waals surface area contributed by atoms with Gasteiger partial charge in [0.1, 0.15) is 0 Å². The Bertz CT molecular complexity index is 592. The number of hydrogen-bond donors (Lipinski definition) is 2. The first kappa shape index (κ1) is 14.0. The van der Waals surface area contributed by atoms with Crippen LogP contribution in [0.25, 0.3) is 0 Å². The Hall–Kier alpha value is -1.38. The lowest BCUT2D eigenvalue weighted by atomic mass is 9.97. The zero-order valence-electron chi connectivity index (χ0n) is 10.5. The van der Waals surface area contributed by atoms with E-state index in [0.717, 1.165) is 12.1 Å². The van der Waals surface area contributed by atoms with Crippen molar-refractivity contribution in [2.45, 2.75) is 37.0 Å². The van der Waals surface area contributed by atoms with Crippen LogP contribution in [0.2, 0.25) is 0 Å². The summed E-state index contributed by atoms with van der Waals surface area (Å²) in [4.78, 5) is 10.7. The molecule has 8 heteroatoms. The summed E-state index contributed by atoms with van der Waals surface area (Å²) in [6.07, 6.45) is 0.274. The fourth-order valence-electron chi connectivity index (χ4n) is 1.91. The standard InChI is InChI=1S/C11H15NO6S/c1-7-11(2,5-6-17-7)12-19(15,16)9-4-3-8(18-9)10(13)14/h3-4,7,12H,5-6H2,1-2H3,(H,13,14). The van der Waals surface area contributed by atoms with Crippen molar-refractivity contribution >= 4 is 16.0 Å². The lowest BCUT2D eigenvalue weighted by Crippen LogP contribution is -2.50. The Balaban J connectivity index is 2.25. The van der Waals surface area contributed by atoms with E-state index in [1.54, 1.807) is 13.8 Å². The highest BCUT2D eigenvalue weighted by Gasteiger charge is 2.41. The third kappa shape index (κ3) is 2.65. The summed E-state index contributed by atoms with van der Waals surface area (Å²) >= 11 is 0. The molecule has 0 aliphatic carbocycles. The number of rotatable bonds is 4. The molecule has 1 saturated heterocycles. The Morgan fingerprint density at radius 1 is 1.53 bits per heavy atom. The van der Waals surface area contributed by atoms with Crippen molar-refractivity contribution in [3.05, 3.63) is 17.9 Å². The second kappa shape index (κ2) is 4.62. The van der Waals surface area contributed by atoms with Gasteiger partial charge >= 0.3 is 5.97 Å². The summed E-state index contributed by atoms with van der Waals surface area (Å²) in [6.45, 7) is 3.99. The van der Waals surface area contributed by atoms with Gasteiger partial charge in [-0.1, -0.05) is 0 Å². The molecule has 0 bridgehead atoms. The van der Waals surface area contributed by atoms with Gasteiger partial charge in [0, 0.05) is 6.61 Å². The maximum Gasteiger partial charge on any atom is 0.371 e. The van der Waals surface area contributed by atoms with Crippen LogP contribution in [0.3, 0.4) is 0 Å². The summed E-state index contributed by atoms with van der Waals surface area (Å²) in [5, 5.41) is 8.30. The van der Waals surface area contributed by atoms with Gasteiger partial charge in [-0.25, -0.2) is 13.2 Å². The fourth-order valence-corrected chi connectivity index (χ4v) is 3.33. The summed E-state index contributed by atoms with van der Waals surface area (Å²) in [5.74, 6) is -1.73. The van der Waals surface area contributed by atoms with Gasteiger partial charge in [0.15, 0.2) is 0 Å². The van der Waals surface area contributed by atoms with E-state index in [1.165, 1.54) is 0 Å². The number of carboxylic acids is 1. The molecule has 0 amide bonds. The molecule has 2 atom stereocenters. The summed E-state index contributed by atoms with van der Waals surface area (Å²) in [6, 6.07) is 2.23. The molecule has 0 radical (unpaired) electrons. The minimum Gasteiger partial charge on any atom is -0.475 e. The molecule has 0 spiro atoms. The smallest absolute Gasteiger partial charge is 0.371 e. The quantitative estimate of drug-likeness (QED) is 0.850. The number of nitrogens with one attached hydrogen (secondary N) is 1. The fraction of sp³-hybridized carbons (Fsp3) is 0.545. The number of furan rings is 1. The third-order valence-corrected chi connectivity index (χ3v) is 4.80. The molecule has 2 rings (SSSR count). The molecule has 2 N–H and O–H groups in total. The molecular weight excluding hydrogens is 274 g/mol. The normalized spacial score (nSPS) is 27.6. The minimum atomic E-state index is -3.91. The Morgan fingerprint density at radius 2 is 2.21 bits per heavy atom. The van der Waals surface area contributed by atoms with Gasteiger partial charge in [-0.2, -0.15) is 4.72 Å². The molecule has 1 aromatic heterocycles. The molecule has 19 heavy (non-hydrogen) atoms. The second-order valence-corrected chi connectivity index (χ2v) is 6.32. The highest BCUT2D eigenvalue weighted by molar-refractivity contribution is 7.89. The number of sulfonamides is 1. The highest BCUT2D eigenvalue weighted by atomic mass is 32.2. The molecule has 2 heterocycles. The molecule has 7 nitrogen and oxygen atoms in total. The monoisotopic (exact) mass is 289 g/mol. The molecule has 106 valence electrons. The molecule has 1 aromatic rings. The zero-order chi connectivity index (χ0) is 14.3. The molecule has 1 aliphatic rings. The number of carbonyl (C=O) groups is 1. The van der Waals surface area contributed by atoms with Gasteiger partial charge in [0.2, 0.25) is 10.9 Å². The minimum absolute atomic E-state index is 0.267. The van der Waals surface area contributed by atoms with E-state index in [-0.39, 0.29) is 6.10 Å². The number of hydrogen-bond acceptors (Lipinski definition) is 5. The molecule has 1 aliphatic heterocycles. The summed E-state index contributed by atoms with van der Waals surface area (Å²) in [7, 11) is -3.91. The van der Waals surface area contributed by atoms with Crippen molar-refractivity contribution in [3.8, 4) is 0 Å². The SMILES string of the molecule is CC1OCCC1(C)NS(=O)(=O)c1ccc(C(=O)O)o1. The van der Waals surface area contributed by atoms with Crippen LogP contribution in [0.1, 0.15) is 30.8 Å². The summed E-state index contributed by atoms with van der Waals surface area (Å²) in [5.41, 5.74) is -0.727. The average Bonchev–Trinajstić information content (AvgIpc) is 2.87. The molecular formula is C11H15NO6S. The molecule has 0 saturated carbocycles.